The highest BCUT2D eigenvalue weighted by Gasteiger charge is 2.23. The van der Waals surface area contributed by atoms with E-state index in [0.29, 0.717) is 16.1 Å². The van der Waals surface area contributed by atoms with Crippen LogP contribution in [0.15, 0.2) is 53.7 Å². The van der Waals surface area contributed by atoms with Crippen molar-refractivity contribution < 1.29 is 14.7 Å². The molecule has 0 aliphatic rings. The molecule has 0 fully saturated rings. The largest absolute Gasteiger partial charge is 0.398 e. The quantitative estimate of drug-likeness (QED) is 0.544. The van der Waals surface area contributed by atoms with E-state index in [-0.39, 0.29) is 5.71 Å². The lowest BCUT2D eigenvalue weighted by atomic mass is 9.98. The minimum absolute atomic E-state index is 0.0979. The number of amides is 1. The molecule has 3 rings (SSSR count). The summed E-state index contributed by atoms with van der Waals surface area (Å²) in [6.45, 7) is 0. The zero-order valence-electron chi connectivity index (χ0n) is 13.8. The van der Waals surface area contributed by atoms with Crippen LogP contribution in [0.1, 0.15) is 22.2 Å². The van der Waals surface area contributed by atoms with Gasteiger partial charge < -0.3 is 15.3 Å². The fourth-order valence-corrected chi connectivity index (χ4v) is 3.49. The first-order valence-electron chi connectivity index (χ1n) is 7.61. The smallest absolute Gasteiger partial charge is 0.273 e. The first-order chi connectivity index (χ1) is 12.2. The average molecular weight is 355 g/mol. The van der Waals surface area contributed by atoms with E-state index in [4.69, 9.17) is 4.84 Å². The van der Waals surface area contributed by atoms with Gasteiger partial charge in [0.2, 0.25) is 0 Å². The van der Waals surface area contributed by atoms with Gasteiger partial charge in [-0.05, 0) is 17.7 Å². The van der Waals surface area contributed by atoms with Gasteiger partial charge in [-0.2, -0.15) is 0 Å². The summed E-state index contributed by atoms with van der Waals surface area (Å²) in [6.07, 6.45) is -0.972. The van der Waals surface area contributed by atoms with Gasteiger partial charge in [0.1, 0.15) is 18.2 Å². The molecule has 0 saturated heterocycles. The number of nitrogens with zero attached hydrogens (tertiary/aromatic N) is 2. The van der Waals surface area contributed by atoms with Crippen molar-refractivity contribution in [1.82, 2.24) is 10.3 Å². The van der Waals surface area contributed by atoms with Crippen molar-refractivity contribution in [1.29, 1.82) is 0 Å². The Balaban J connectivity index is 2.07. The number of carbonyl (C=O) groups excluding carboxylic acids is 1. The number of rotatable bonds is 5. The van der Waals surface area contributed by atoms with Crippen LogP contribution in [0.5, 0.6) is 0 Å². The molecular formula is C18H17N3O3S. The van der Waals surface area contributed by atoms with Crippen molar-refractivity contribution in [2.75, 3.05) is 14.2 Å². The second kappa shape index (κ2) is 7.42. The molecule has 2 aromatic carbocycles. The molecule has 7 heteroatoms. The van der Waals surface area contributed by atoms with Crippen LogP contribution in [-0.2, 0) is 9.63 Å². The highest BCUT2D eigenvalue weighted by atomic mass is 32.1. The number of likely N-dealkylation sites (N-methyl/N-ethyl adjacent to an activating group) is 1. The fraction of sp³-hybridized carbons (Fsp3) is 0.167. The van der Waals surface area contributed by atoms with Gasteiger partial charge in [-0.25, -0.2) is 4.98 Å². The number of hydrogen-bond donors (Lipinski definition) is 2. The molecule has 6 nitrogen and oxygen atoms in total. The molecule has 1 heterocycles. The molecule has 1 aromatic heterocycles. The first-order valence-corrected chi connectivity index (χ1v) is 8.43. The molecule has 2 N–H and O–H groups in total. The number of aliphatic hydroxyl groups is 1. The maximum absolute atomic E-state index is 12.1. The third-order valence-electron chi connectivity index (χ3n) is 3.68. The van der Waals surface area contributed by atoms with Crippen LogP contribution in [0.2, 0.25) is 0 Å². The predicted octanol–water partition coefficient (Wildman–Crippen LogP) is 2.47. The number of para-hydroxylation sites is 1. The molecule has 1 amide bonds. The second-order valence-corrected chi connectivity index (χ2v) is 6.27. The SMILES string of the molecule is CNC(=O)C(=NOC)c1ccccc1C(O)c1nc2ccccc2s1. The molecule has 1 unspecified atom stereocenters. The van der Waals surface area contributed by atoms with Gasteiger partial charge in [-0.3, -0.25) is 4.79 Å². The number of thiazole rings is 1. The highest BCUT2D eigenvalue weighted by Crippen LogP contribution is 2.31. The van der Waals surface area contributed by atoms with E-state index in [2.05, 4.69) is 15.5 Å². The number of aliphatic hydroxyl groups excluding tert-OH is 1. The fourth-order valence-electron chi connectivity index (χ4n) is 2.51. The predicted molar refractivity (Wildman–Crippen MR) is 97.7 cm³/mol. The summed E-state index contributed by atoms with van der Waals surface area (Å²) in [4.78, 5) is 21.4. The summed E-state index contributed by atoms with van der Waals surface area (Å²) >= 11 is 1.42. The number of oxime groups is 1. The maximum atomic E-state index is 12.1. The van der Waals surface area contributed by atoms with E-state index in [1.165, 1.54) is 25.5 Å². The van der Waals surface area contributed by atoms with Crippen LogP contribution < -0.4 is 5.32 Å². The first kappa shape index (κ1) is 17.1. The van der Waals surface area contributed by atoms with Gasteiger partial charge in [0.05, 0.1) is 10.2 Å². The van der Waals surface area contributed by atoms with Gasteiger partial charge in [0, 0.05) is 12.6 Å². The molecule has 0 saturated carbocycles. The summed E-state index contributed by atoms with van der Waals surface area (Å²) in [6, 6.07) is 14.7. The van der Waals surface area contributed by atoms with Crippen molar-refractivity contribution in [3.63, 3.8) is 0 Å². The topological polar surface area (TPSA) is 83.8 Å². The summed E-state index contributed by atoms with van der Waals surface area (Å²) in [7, 11) is 2.88. The zero-order chi connectivity index (χ0) is 17.8. The highest BCUT2D eigenvalue weighted by molar-refractivity contribution is 7.18. The Labute approximate surface area is 148 Å². The number of nitrogens with one attached hydrogen (secondary N) is 1. The molecule has 128 valence electrons. The van der Waals surface area contributed by atoms with Crippen LogP contribution in [-0.4, -0.2) is 35.9 Å². The molecule has 0 aliphatic carbocycles. The Hall–Kier alpha value is -2.77. The minimum atomic E-state index is -0.972. The Morgan fingerprint density at radius 3 is 2.68 bits per heavy atom. The van der Waals surface area contributed by atoms with Gasteiger partial charge in [0.15, 0.2) is 5.71 Å². The molecular weight excluding hydrogens is 338 g/mol. The molecule has 0 aliphatic heterocycles. The van der Waals surface area contributed by atoms with Gasteiger partial charge >= 0.3 is 0 Å². The van der Waals surface area contributed by atoms with E-state index in [1.54, 1.807) is 24.3 Å². The molecule has 1 atom stereocenters. The number of aromatic nitrogens is 1. The Morgan fingerprint density at radius 1 is 1.24 bits per heavy atom. The van der Waals surface area contributed by atoms with Crippen molar-refractivity contribution >= 4 is 33.2 Å². The van der Waals surface area contributed by atoms with Crippen LogP contribution in [0.3, 0.4) is 0 Å². The normalized spacial score (nSPS) is 12.8. The van der Waals surface area contributed by atoms with E-state index in [1.807, 2.05) is 24.3 Å². The standard InChI is InChI=1S/C18H17N3O3S/c1-19-17(23)15(21-24-2)11-7-3-4-8-12(11)16(22)18-20-13-9-5-6-10-14(13)25-18/h3-10,16,22H,1-2H3,(H,19,23). The maximum Gasteiger partial charge on any atom is 0.273 e. The molecule has 3 aromatic rings. The summed E-state index contributed by atoms with van der Waals surface area (Å²) in [5.41, 5.74) is 1.97. The van der Waals surface area contributed by atoms with Crippen molar-refractivity contribution in [3.05, 3.63) is 64.7 Å². The third kappa shape index (κ3) is 3.38. The minimum Gasteiger partial charge on any atom is -0.398 e. The molecule has 25 heavy (non-hydrogen) atoms. The van der Waals surface area contributed by atoms with Crippen molar-refractivity contribution in [2.24, 2.45) is 5.16 Å². The third-order valence-corrected chi connectivity index (χ3v) is 4.77. The van der Waals surface area contributed by atoms with Gasteiger partial charge in [0.25, 0.3) is 5.91 Å². The van der Waals surface area contributed by atoms with E-state index < -0.39 is 12.0 Å². The Bertz CT molecular complexity index is 903. The van der Waals surface area contributed by atoms with Gasteiger partial charge in [-0.15, -0.1) is 11.3 Å². The van der Waals surface area contributed by atoms with Crippen LogP contribution in [0.4, 0.5) is 0 Å². The molecule has 0 bridgehead atoms. The second-order valence-electron chi connectivity index (χ2n) is 5.21. The van der Waals surface area contributed by atoms with Crippen LogP contribution in [0.25, 0.3) is 10.2 Å². The Morgan fingerprint density at radius 2 is 1.96 bits per heavy atom. The summed E-state index contributed by atoms with van der Waals surface area (Å²) in [5, 5.41) is 17.8. The molecule has 0 radical (unpaired) electrons. The van der Waals surface area contributed by atoms with E-state index in [9.17, 15) is 9.90 Å². The zero-order valence-corrected chi connectivity index (χ0v) is 14.6. The number of carbonyl (C=O) groups is 1. The summed E-state index contributed by atoms with van der Waals surface area (Å²) in [5.74, 6) is -0.397. The van der Waals surface area contributed by atoms with Crippen LogP contribution in [0, 0.1) is 0 Å². The number of benzene rings is 2. The van der Waals surface area contributed by atoms with Crippen molar-refractivity contribution in [2.45, 2.75) is 6.10 Å². The number of hydrogen-bond acceptors (Lipinski definition) is 6. The van der Waals surface area contributed by atoms with E-state index >= 15 is 0 Å². The lowest BCUT2D eigenvalue weighted by molar-refractivity contribution is -0.114. The lowest BCUT2D eigenvalue weighted by Gasteiger charge is -2.14. The van der Waals surface area contributed by atoms with Gasteiger partial charge in [-0.1, -0.05) is 41.6 Å². The lowest BCUT2D eigenvalue weighted by Crippen LogP contribution is -2.29. The summed E-state index contributed by atoms with van der Waals surface area (Å²) < 4.78 is 0.992. The average Bonchev–Trinajstić information content (AvgIpc) is 3.09. The van der Waals surface area contributed by atoms with E-state index in [0.717, 1.165) is 10.2 Å². The Kier molecular flexibility index (Phi) is 5.06. The van der Waals surface area contributed by atoms with Crippen LogP contribution >= 0.6 is 11.3 Å². The number of fused-ring (bicyclic) bond motifs is 1. The monoisotopic (exact) mass is 355 g/mol. The van der Waals surface area contributed by atoms with Crippen molar-refractivity contribution in [3.8, 4) is 0 Å². The molecule has 0 spiro atoms.